The topological polar surface area (TPSA) is 54.0 Å². The van der Waals surface area contributed by atoms with Gasteiger partial charge in [-0.3, -0.25) is 0 Å². The summed E-state index contributed by atoms with van der Waals surface area (Å²) in [5, 5.41) is 8.34. The molecule has 1 heterocycles. The first kappa shape index (κ1) is 11.0. The van der Waals surface area contributed by atoms with Crippen molar-refractivity contribution in [1.29, 1.82) is 0 Å². The van der Waals surface area contributed by atoms with Crippen LogP contribution in [0, 0.1) is 0 Å². The summed E-state index contributed by atoms with van der Waals surface area (Å²) < 4.78 is 0. The Labute approximate surface area is 87.7 Å². The van der Waals surface area contributed by atoms with E-state index >= 15 is 0 Å². The van der Waals surface area contributed by atoms with Crippen LogP contribution in [0.25, 0.3) is 0 Å². The number of carbonyl (C=O) groups excluding carboxylic acids is 1. The number of nitrogens with zero attached hydrogens (tertiary/aromatic N) is 1. The lowest BCUT2D eigenvalue weighted by Gasteiger charge is -2.04. The van der Waals surface area contributed by atoms with E-state index in [1.165, 1.54) is 11.3 Å². The standard InChI is InChI=1S/C9H15N3OS/c1-2-3-4-11-9(13)12-7-8-10-5-6-14-8/h5-6H,2-4,7H2,1H3,(H2,11,12,13). The van der Waals surface area contributed by atoms with Crippen molar-refractivity contribution >= 4 is 17.4 Å². The fraction of sp³-hybridized carbons (Fsp3) is 0.556. The van der Waals surface area contributed by atoms with E-state index in [-0.39, 0.29) is 6.03 Å². The van der Waals surface area contributed by atoms with Gasteiger partial charge in [-0.15, -0.1) is 11.3 Å². The van der Waals surface area contributed by atoms with Crippen LogP contribution >= 0.6 is 11.3 Å². The maximum absolute atomic E-state index is 11.2. The molecule has 0 saturated heterocycles. The Balaban J connectivity index is 2.09. The summed E-state index contributed by atoms with van der Waals surface area (Å²) in [6, 6.07) is -0.117. The predicted octanol–water partition coefficient (Wildman–Crippen LogP) is 1.74. The van der Waals surface area contributed by atoms with Gasteiger partial charge in [0.05, 0.1) is 6.54 Å². The molecule has 0 aromatic carbocycles. The van der Waals surface area contributed by atoms with Crippen molar-refractivity contribution in [3.8, 4) is 0 Å². The molecule has 1 rings (SSSR count). The van der Waals surface area contributed by atoms with Crippen LogP contribution in [0.15, 0.2) is 11.6 Å². The van der Waals surface area contributed by atoms with Crippen LogP contribution in [0.4, 0.5) is 4.79 Å². The van der Waals surface area contributed by atoms with Gasteiger partial charge in [0.25, 0.3) is 0 Å². The average Bonchev–Trinajstić information content (AvgIpc) is 2.68. The van der Waals surface area contributed by atoms with Gasteiger partial charge in [-0.05, 0) is 6.42 Å². The number of thiazole rings is 1. The Morgan fingerprint density at radius 1 is 1.57 bits per heavy atom. The monoisotopic (exact) mass is 213 g/mol. The zero-order valence-corrected chi connectivity index (χ0v) is 9.06. The molecule has 0 aliphatic carbocycles. The lowest BCUT2D eigenvalue weighted by molar-refractivity contribution is 0.240. The number of amides is 2. The van der Waals surface area contributed by atoms with Crippen molar-refractivity contribution in [3.05, 3.63) is 16.6 Å². The van der Waals surface area contributed by atoms with Crippen molar-refractivity contribution < 1.29 is 4.79 Å². The molecule has 0 aliphatic heterocycles. The van der Waals surface area contributed by atoms with E-state index in [1.54, 1.807) is 6.20 Å². The van der Waals surface area contributed by atoms with Crippen LogP contribution in [-0.4, -0.2) is 17.6 Å². The Morgan fingerprint density at radius 2 is 2.43 bits per heavy atom. The number of unbranched alkanes of at least 4 members (excludes halogenated alkanes) is 1. The van der Waals surface area contributed by atoms with Gasteiger partial charge in [0.1, 0.15) is 5.01 Å². The summed E-state index contributed by atoms with van der Waals surface area (Å²) in [4.78, 5) is 15.2. The lowest BCUT2D eigenvalue weighted by atomic mass is 10.3. The molecule has 1 aromatic heterocycles. The molecule has 0 spiro atoms. The Bertz CT molecular complexity index is 261. The first-order valence-electron chi connectivity index (χ1n) is 4.73. The van der Waals surface area contributed by atoms with Crippen molar-refractivity contribution in [3.63, 3.8) is 0 Å². The molecule has 0 unspecified atom stereocenters. The maximum atomic E-state index is 11.2. The van der Waals surface area contributed by atoms with Gasteiger partial charge in [0.2, 0.25) is 0 Å². The van der Waals surface area contributed by atoms with Crippen LogP contribution in [-0.2, 0) is 6.54 Å². The number of carbonyl (C=O) groups is 1. The van der Waals surface area contributed by atoms with Crippen LogP contribution in [0.5, 0.6) is 0 Å². The smallest absolute Gasteiger partial charge is 0.315 e. The quantitative estimate of drug-likeness (QED) is 0.732. The summed E-state index contributed by atoms with van der Waals surface area (Å²) in [6.07, 6.45) is 3.84. The van der Waals surface area contributed by atoms with Gasteiger partial charge in [-0.2, -0.15) is 0 Å². The van der Waals surface area contributed by atoms with Crippen LogP contribution in [0.1, 0.15) is 24.8 Å². The van der Waals surface area contributed by atoms with E-state index in [2.05, 4.69) is 22.5 Å². The molecule has 1 aromatic rings. The molecule has 0 bridgehead atoms. The lowest BCUT2D eigenvalue weighted by Crippen LogP contribution is -2.35. The fourth-order valence-corrected chi connectivity index (χ4v) is 1.49. The first-order chi connectivity index (χ1) is 6.83. The summed E-state index contributed by atoms with van der Waals surface area (Å²) in [7, 11) is 0. The highest BCUT2D eigenvalue weighted by Gasteiger charge is 1.99. The molecule has 0 fully saturated rings. The van der Waals surface area contributed by atoms with E-state index in [1.807, 2.05) is 5.38 Å². The molecule has 0 saturated carbocycles. The Morgan fingerprint density at radius 3 is 3.07 bits per heavy atom. The highest BCUT2D eigenvalue weighted by Crippen LogP contribution is 2.02. The molecule has 78 valence electrons. The molecule has 5 heteroatoms. The normalized spacial score (nSPS) is 9.79. The largest absolute Gasteiger partial charge is 0.338 e. The molecule has 2 amide bonds. The van der Waals surface area contributed by atoms with Gasteiger partial charge < -0.3 is 10.6 Å². The second-order valence-corrected chi connectivity index (χ2v) is 3.87. The molecular formula is C9H15N3OS. The van der Waals surface area contributed by atoms with E-state index in [9.17, 15) is 4.79 Å². The van der Waals surface area contributed by atoms with Crippen LogP contribution in [0.2, 0.25) is 0 Å². The molecule has 0 atom stereocenters. The minimum absolute atomic E-state index is 0.117. The van der Waals surface area contributed by atoms with Crippen molar-refractivity contribution in [1.82, 2.24) is 15.6 Å². The van der Waals surface area contributed by atoms with Crippen molar-refractivity contribution in [2.45, 2.75) is 26.3 Å². The SMILES string of the molecule is CCCCNC(=O)NCc1nccs1. The number of hydrogen-bond donors (Lipinski definition) is 2. The molecule has 0 radical (unpaired) electrons. The molecule has 2 N–H and O–H groups in total. The van der Waals surface area contributed by atoms with Crippen molar-refractivity contribution in [2.75, 3.05) is 6.54 Å². The molecule has 0 aliphatic rings. The molecular weight excluding hydrogens is 198 g/mol. The van der Waals surface area contributed by atoms with Gasteiger partial charge >= 0.3 is 6.03 Å². The predicted molar refractivity (Wildman–Crippen MR) is 57.3 cm³/mol. The van der Waals surface area contributed by atoms with E-state index < -0.39 is 0 Å². The highest BCUT2D eigenvalue weighted by molar-refractivity contribution is 7.09. The van der Waals surface area contributed by atoms with E-state index in [4.69, 9.17) is 0 Å². The van der Waals surface area contributed by atoms with Crippen molar-refractivity contribution in [2.24, 2.45) is 0 Å². The molecule has 14 heavy (non-hydrogen) atoms. The third kappa shape index (κ3) is 4.23. The van der Waals surface area contributed by atoms with E-state index in [0.29, 0.717) is 6.54 Å². The Hall–Kier alpha value is -1.10. The maximum Gasteiger partial charge on any atom is 0.315 e. The zero-order valence-electron chi connectivity index (χ0n) is 8.25. The van der Waals surface area contributed by atoms with Gasteiger partial charge in [0.15, 0.2) is 0 Å². The number of nitrogens with one attached hydrogen (secondary N) is 2. The van der Waals surface area contributed by atoms with Crippen LogP contribution in [0.3, 0.4) is 0 Å². The number of urea groups is 1. The third-order valence-corrected chi connectivity index (χ3v) is 2.48. The van der Waals surface area contributed by atoms with Gasteiger partial charge in [0, 0.05) is 18.1 Å². The van der Waals surface area contributed by atoms with Crippen LogP contribution < -0.4 is 10.6 Å². The minimum atomic E-state index is -0.117. The zero-order chi connectivity index (χ0) is 10.2. The Kier molecular flexibility index (Phi) is 4.99. The van der Waals surface area contributed by atoms with E-state index in [0.717, 1.165) is 24.4 Å². The number of rotatable bonds is 5. The third-order valence-electron chi connectivity index (χ3n) is 1.70. The number of aromatic nitrogens is 1. The summed E-state index contributed by atoms with van der Waals surface area (Å²) in [5.41, 5.74) is 0. The first-order valence-corrected chi connectivity index (χ1v) is 5.61. The number of hydrogen-bond acceptors (Lipinski definition) is 3. The van der Waals surface area contributed by atoms with Gasteiger partial charge in [-0.1, -0.05) is 13.3 Å². The van der Waals surface area contributed by atoms with Gasteiger partial charge in [-0.25, -0.2) is 9.78 Å². The second kappa shape index (κ2) is 6.37. The minimum Gasteiger partial charge on any atom is -0.338 e. The fourth-order valence-electron chi connectivity index (χ4n) is 0.937. The second-order valence-electron chi connectivity index (χ2n) is 2.89. The molecule has 4 nitrogen and oxygen atoms in total. The summed E-state index contributed by atoms with van der Waals surface area (Å²) in [5.74, 6) is 0. The highest BCUT2D eigenvalue weighted by atomic mass is 32.1. The summed E-state index contributed by atoms with van der Waals surface area (Å²) >= 11 is 1.54. The average molecular weight is 213 g/mol. The summed E-state index contributed by atoms with van der Waals surface area (Å²) in [6.45, 7) is 3.34.